The molecule has 1 heterocycles. The number of amides is 1. The van der Waals surface area contributed by atoms with E-state index in [1.807, 2.05) is 24.3 Å². The van der Waals surface area contributed by atoms with Crippen molar-refractivity contribution < 1.29 is 13.2 Å². The molecule has 1 aliphatic heterocycles. The summed E-state index contributed by atoms with van der Waals surface area (Å²) >= 11 is 0. The lowest BCUT2D eigenvalue weighted by molar-refractivity contribution is -0.118. The minimum absolute atomic E-state index is 0. The summed E-state index contributed by atoms with van der Waals surface area (Å²) in [4.78, 5) is 15.0. The van der Waals surface area contributed by atoms with Crippen LogP contribution in [0.1, 0.15) is 29.5 Å². The van der Waals surface area contributed by atoms with Crippen LogP contribution in [-0.4, -0.2) is 26.7 Å². The molecule has 0 saturated carbocycles. The van der Waals surface area contributed by atoms with Crippen molar-refractivity contribution in [2.75, 3.05) is 16.2 Å². The predicted molar refractivity (Wildman–Crippen MR) is 137 cm³/mol. The van der Waals surface area contributed by atoms with Crippen molar-refractivity contribution in [1.82, 2.24) is 0 Å². The molecule has 178 valence electrons. The first-order valence-electron chi connectivity index (χ1n) is 10.8. The van der Waals surface area contributed by atoms with Gasteiger partial charge in [-0.2, -0.15) is 0 Å². The van der Waals surface area contributed by atoms with Crippen molar-refractivity contribution in [3.05, 3.63) is 89.5 Å². The smallest absolute Gasteiger partial charge is 0.261 e. The average molecular weight is 499 g/mol. The molecule has 4 N–H and O–H groups in total. The Morgan fingerprint density at radius 1 is 1.03 bits per heavy atom. The van der Waals surface area contributed by atoms with Crippen LogP contribution in [0.3, 0.4) is 0 Å². The van der Waals surface area contributed by atoms with Gasteiger partial charge in [0.1, 0.15) is 5.84 Å². The Kier molecular flexibility index (Phi) is 7.96. The van der Waals surface area contributed by atoms with Crippen molar-refractivity contribution in [2.24, 2.45) is 5.73 Å². The number of hydrogen-bond donors (Lipinski definition) is 3. The number of nitrogen functional groups attached to an aromatic ring is 1. The van der Waals surface area contributed by atoms with E-state index < -0.39 is 10.0 Å². The standard InChI is InChI=1S/C25H26N4O3S.ClH/c26-25(27)19-11-8-18(9-12-19)10-15-24(30)29-16-4-5-20-17-21(13-14-23(20)29)28-33(31,32)22-6-2-1-3-7-22;/h1-3,6-9,11-14,17,28H,4-5,10,15-16H2,(H3,26,27);1H. The first-order valence-corrected chi connectivity index (χ1v) is 12.3. The largest absolute Gasteiger partial charge is 0.384 e. The van der Waals surface area contributed by atoms with E-state index in [4.69, 9.17) is 11.1 Å². The number of amidine groups is 1. The summed E-state index contributed by atoms with van der Waals surface area (Å²) in [6.07, 6.45) is 2.56. The first kappa shape index (κ1) is 25.3. The van der Waals surface area contributed by atoms with E-state index >= 15 is 0 Å². The van der Waals surface area contributed by atoms with Gasteiger partial charge in [-0.25, -0.2) is 8.42 Å². The van der Waals surface area contributed by atoms with Crippen LogP contribution in [0.5, 0.6) is 0 Å². The van der Waals surface area contributed by atoms with Gasteiger partial charge in [0.2, 0.25) is 5.91 Å². The van der Waals surface area contributed by atoms with E-state index in [1.165, 1.54) is 0 Å². The number of sulfonamides is 1. The van der Waals surface area contributed by atoms with Crippen LogP contribution in [0.15, 0.2) is 77.7 Å². The molecule has 0 bridgehead atoms. The number of anilines is 2. The van der Waals surface area contributed by atoms with E-state index in [-0.39, 0.29) is 29.0 Å². The molecule has 0 aromatic heterocycles. The Balaban J connectivity index is 0.00000324. The van der Waals surface area contributed by atoms with Crippen molar-refractivity contribution in [3.63, 3.8) is 0 Å². The molecule has 0 fully saturated rings. The zero-order valence-electron chi connectivity index (χ0n) is 18.5. The SMILES string of the molecule is Cl.N=C(N)c1ccc(CCC(=O)N2CCCc3cc(NS(=O)(=O)c4ccccc4)ccc32)cc1. The number of carbonyl (C=O) groups excluding carboxylic acids is 1. The molecule has 4 rings (SSSR count). The summed E-state index contributed by atoms with van der Waals surface area (Å²) in [5.74, 6) is 0.0530. The van der Waals surface area contributed by atoms with E-state index in [0.717, 1.165) is 29.7 Å². The molecule has 0 atom stereocenters. The van der Waals surface area contributed by atoms with Crippen LogP contribution in [-0.2, 0) is 27.7 Å². The number of hydrogen-bond acceptors (Lipinski definition) is 4. The fraction of sp³-hybridized carbons (Fsp3) is 0.200. The van der Waals surface area contributed by atoms with Gasteiger partial charge in [-0.1, -0.05) is 42.5 Å². The lowest BCUT2D eigenvalue weighted by Crippen LogP contribution is -2.35. The third-order valence-electron chi connectivity index (χ3n) is 5.70. The van der Waals surface area contributed by atoms with E-state index in [2.05, 4.69) is 4.72 Å². The van der Waals surface area contributed by atoms with Crippen LogP contribution in [0, 0.1) is 5.41 Å². The van der Waals surface area contributed by atoms with Crippen molar-refractivity contribution >= 4 is 45.5 Å². The van der Waals surface area contributed by atoms with Crippen LogP contribution in [0.2, 0.25) is 0 Å². The highest BCUT2D eigenvalue weighted by Gasteiger charge is 2.23. The number of carbonyl (C=O) groups is 1. The third kappa shape index (κ3) is 5.76. The maximum atomic E-state index is 13.0. The maximum absolute atomic E-state index is 13.0. The molecule has 9 heteroatoms. The Hall–Kier alpha value is -3.36. The highest BCUT2D eigenvalue weighted by molar-refractivity contribution is 7.92. The number of fused-ring (bicyclic) bond motifs is 1. The highest BCUT2D eigenvalue weighted by atomic mass is 35.5. The minimum Gasteiger partial charge on any atom is -0.384 e. The summed E-state index contributed by atoms with van der Waals surface area (Å²) in [7, 11) is -3.67. The van der Waals surface area contributed by atoms with Crippen LogP contribution in [0.4, 0.5) is 11.4 Å². The van der Waals surface area contributed by atoms with Crippen molar-refractivity contribution in [3.8, 4) is 0 Å². The minimum atomic E-state index is -3.67. The zero-order chi connectivity index (χ0) is 23.4. The summed E-state index contributed by atoms with van der Waals surface area (Å²) in [5, 5.41) is 7.47. The maximum Gasteiger partial charge on any atom is 0.261 e. The molecule has 1 aliphatic rings. The van der Waals surface area contributed by atoms with E-state index in [0.29, 0.717) is 30.6 Å². The molecule has 0 unspecified atom stereocenters. The van der Waals surface area contributed by atoms with Gasteiger partial charge in [0.15, 0.2) is 0 Å². The number of nitrogens with zero attached hydrogens (tertiary/aromatic N) is 1. The van der Waals surface area contributed by atoms with E-state index in [1.54, 1.807) is 53.4 Å². The summed E-state index contributed by atoms with van der Waals surface area (Å²) in [5.41, 5.74) is 9.43. The van der Waals surface area contributed by atoms with Gasteiger partial charge < -0.3 is 10.6 Å². The quantitative estimate of drug-likeness (QED) is 0.335. The molecular formula is C25H27ClN4O3S. The molecule has 0 saturated heterocycles. The van der Waals surface area contributed by atoms with Gasteiger partial charge in [0.25, 0.3) is 10.0 Å². The number of rotatable bonds is 7. The second-order valence-electron chi connectivity index (χ2n) is 8.02. The Labute approximate surface area is 206 Å². The third-order valence-corrected chi connectivity index (χ3v) is 7.09. The van der Waals surface area contributed by atoms with Crippen LogP contribution in [0.25, 0.3) is 0 Å². The monoisotopic (exact) mass is 498 g/mol. The first-order chi connectivity index (χ1) is 15.8. The number of halogens is 1. The van der Waals surface area contributed by atoms with Crippen molar-refractivity contribution in [2.45, 2.75) is 30.6 Å². The summed E-state index contributed by atoms with van der Waals surface area (Å²) in [6.45, 7) is 0.643. The fourth-order valence-electron chi connectivity index (χ4n) is 3.97. The van der Waals surface area contributed by atoms with Gasteiger partial charge in [0, 0.05) is 29.9 Å². The summed E-state index contributed by atoms with van der Waals surface area (Å²) < 4.78 is 27.9. The number of nitrogens with one attached hydrogen (secondary N) is 2. The number of aryl methyl sites for hydroxylation is 2. The predicted octanol–water partition coefficient (Wildman–Crippen LogP) is 4.11. The van der Waals surface area contributed by atoms with Gasteiger partial charge in [-0.15, -0.1) is 12.4 Å². The van der Waals surface area contributed by atoms with Gasteiger partial charge in [-0.3, -0.25) is 14.9 Å². The number of nitrogens with two attached hydrogens (primary N) is 1. The van der Waals surface area contributed by atoms with E-state index in [9.17, 15) is 13.2 Å². The summed E-state index contributed by atoms with van der Waals surface area (Å²) in [6, 6.07) is 20.9. The molecule has 0 spiro atoms. The Bertz CT molecular complexity index is 1280. The van der Waals surface area contributed by atoms with Gasteiger partial charge in [-0.05, 0) is 60.7 Å². The lowest BCUT2D eigenvalue weighted by atomic mass is 10.00. The molecule has 34 heavy (non-hydrogen) atoms. The average Bonchev–Trinajstić information content (AvgIpc) is 2.82. The molecule has 0 radical (unpaired) electrons. The van der Waals surface area contributed by atoms with Crippen LogP contribution >= 0.6 is 12.4 Å². The molecule has 1 amide bonds. The van der Waals surface area contributed by atoms with Crippen LogP contribution < -0.4 is 15.4 Å². The highest BCUT2D eigenvalue weighted by Crippen LogP contribution is 2.31. The molecule has 3 aromatic carbocycles. The molecule has 7 nitrogen and oxygen atoms in total. The van der Waals surface area contributed by atoms with Crippen molar-refractivity contribution in [1.29, 1.82) is 5.41 Å². The fourth-order valence-corrected chi connectivity index (χ4v) is 5.04. The zero-order valence-corrected chi connectivity index (χ0v) is 20.2. The second-order valence-corrected chi connectivity index (χ2v) is 9.70. The normalized spacial score (nSPS) is 12.9. The molecule has 3 aromatic rings. The van der Waals surface area contributed by atoms with Gasteiger partial charge >= 0.3 is 0 Å². The molecule has 0 aliphatic carbocycles. The Morgan fingerprint density at radius 3 is 2.41 bits per heavy atom. The second kappa shape index (κ2) is 10.7. The molecular weight excluding hydrogens is 472 g/mol. The Morgan fingerprint density at radius 2 is 1.74 bits per heavy atom. The number of benzene rings is 3. The topological polar surface area (TPSA) is 116 Å². The lowest BCUT2D eigenvalue weighted by Gasteiger charge is -2.30. The van der Waals surface area contributed by atoms with Gasteiger partial charge in [0.05, 0.1) is 4.90 Å².